The van der Waals surface area contributed by atoms with Gasteiger partial charge in [0.25, 0.3) is 5.91 Å². The number of aromatic nitrogens is 1. The zero-order chi connectivity index (χ0) is 25.5. The molecule has 1 aromatic carbocycles. The molecule has 1 aliphatic carbocycles. The van der Waals surface area contributed by atoms with E-state index < -0.39 is 0 Å². The number of hydrogen-bond acceptors (Lipinski definition) is 5. The van der Waals surface area contributed by atoms with E-state index >= 15 is 0 Å². The van der Waals surface area contributed by atoms with Gasteiger partial charge in [0.1, 0.15) is 5.69 Å². The fourth-order valence-electron chi connectivity index (χ4n) is 5.88. The number of rotatable bonds is 6. The molecule has 7 nitrogen and oxygen atoms in total. The summed E-state index contributed by atoms with van der Waals surface area (Å²) in [5, 5.41) is 5.29. The average molecular weight is 520 g/mol. The molecule has 1 saturated carbocycles. The van der Waals surface area contributed by atoms with Gasteiger partial charge in [0.2, 0.25) is 5.91 Å². The number of amides is 2. The lowest BCUT2D eigenvalue weighted by Gasteiger charge is -2.35. The zero-order valence-corrected chi connectivity index (χ0v) is 22.2. The Morgan fingerprint density at radius 3 is 2.51 bits per heavy atom. The third-order valence-electron chi connectivity index (χ3n) is 8.10. The molecule has 37 heavy (non-hydrogen) atoms. The second kappa shape index (κ2) is 9.89. The van der Waals surface area contributed by atoms with E-state index in [0.29, 0.717) is 24.5 Å². The molecule has 0 spiro atoms. The predicted molar refractivity (Wildman–Crippen MR) is 144 cm³/mol. The summed E-state index contributed by atoms with van der Waals surface area (Å²) >= 11 is 1.68. The van der Waals surface area contributed by atoms with Gasteiger partial charge in [0, 0.05) is 47.6 Å². The standard InChI is InChI=1S/C29H33N3O4S/c1-35-24-14-19-10-12-32-23(15-22(26-9-5-13-37-26)27(32)21(19)16-25(24)36-2)29(34)31-11-4-8-20(17-31)30-28(33)18-6-3-7-18/h5,9,13-16,18,20H,3-4,6-8,10-12,17H2,1-2H3,(H,30,33)/t20-/m0/s1. The van der Waals surface area contributed by atoms with Gasteiger partial charge in [0.05, 0.1) is 19.9 Å². The number of hydrogen-bond donors (Lipinski definition) is 1. The first-order valence-corrected chi connectivity index (χ1v) is 14.1. The molecule has 3 aromatic rings. The van der Waals surface area contributed by atoms with Crippen LogP contribution in [0.2, 0.25) is 0 Å². The molecule has 2 aromatic heterocycles. The van der Waals surface area contributed by atoms with Crippen LogP contribution in [0.4, 0.5) is 0 Å². The summed E-state index contributed by atoms with van der Waals surface area (Å²) < 4.78 is 13.4. The zero-order valence-electron chi connectivity index (χ0n) is 21.4. The molecule has 0 radical (unpaired) electrons. The van der Waals surface area contributed by atoms with Crippen LogP contribution in [0.3, 0.4) is 0 Å². The van der Waals surface area contributed by atoms with E-state index in [0.717, 1.165) is 72.5 Å². The maximum Gasteiger partial charge on any atom is 0.270 e. The van der Waals surface area contributed by atoms with Gasteiger partial charge in [-0.3, -0.25) is 9.59 Å². The second-order valence-corrected chi connectivity index (χ2v) is 11.2. The first kappa shape index (κ1) is 24.1. The molecule has 194 valence electrons. The summed E-state index contributed by atoms with van der Waals surface area (Å²) in [5.41, 5.74) is 5.11. The van der Waals surface area contributed by atoms with Gasteiger partial charge in [-0.2, -0.15) is 0 Å². The first-order chi connectivity index (χ1) is 18.1. The van der Waals surface area contributed by atoms with Gasteiger partial charge >= 0.3 is 0 Å². The second-order valence-electron chi connectivity index (χ2n) is 10.3. The Morgan fingerprint density at radius 1 is 1.00 bits per heavy atom. The number of carbonyl (C=O) groups excluding carboxylic acids is 2. The minimum absolute atomic E-state index is 0.0239. The Bertz CT molecular complexity index is 1330. The number of nitrogens with zero attached hydrogens (tertiary/aromatic N) is 2. The molecule has 2 fully saturated rings. The number of benzene rings is 1. The summed E-state index contributed by atoms with van der Waals surface area (Å²) in [6.07, 6.45) is 5.74. The molecule has 1 saturated heterocycles. The number of nitrogens with one attached hydrogen (secondary N) is 1. The molecule has 2 aliphatic heterocycles. The molecular formula is C29H33N3O4S. The van der Waals surface area contributed by atoms with Gasteiger partial charge < -0.3 is 24.3 Å². The fraction of sp³-hybridized carbons (Fsp3) is 0.448. The molecule has 4 heterocycles. The number of aryl methyl sites for hydroxylation is 1. The lowest BCUT2D eigenvalue weighted by molar-refractivity contribution is -0.128. The Kier molecular flexibility index (Phi) is 6.44. The molecular weight excluding hydrogens is 486 g/mol. The summed E-state index contributed by atoms with van der Waals surface area (Å²) in [6, 6.07) is 10.3. The van der Waals surface area contributed by atoms with Gasteiger partial charge in [-0.05, 0) is 67.3 Å². The number of carbonyl (C=O) groups is 2. The molecule has 1 atom stereocenters. The highest BCUT2D eigenvalue weighted by Gasteiger charge is 2.33. The van der Waals surface area contributed by atoms with Crippen LogP contribution >= 0.6 is 11.3 Å². The smallest absolute Gasteiger partial charge is 0.270 e. The van der Waals surface area contributed by atoms with Crippen LogP contribution in [0.5, 0.6) is 11.5 Å². The molecule has 3 aliphatic rings. The fourth-order valence-corrected chi connectivity index (χ4v) is 6.62. The summed E-state index contributed by atoms with van der Waals surface area (Å²) in [7, 11) is 3.31. The van der Waals surface area contributed by atoms with E-state index in [1.807, 2.05) is 17.0 Å². The monoisotopic (exact) mass is 519 g/mol. The SMILES string of the molecule is COc1cc2c(cc1OC)-c1c(-c3cccs3)cc(C(=O)N3CCC[C@H](NC(=O)C4CCC4)C3)n1CC2. The van der Waals surface area contributed by atoms with Crippen LogP contribution in [0.25, 0.3) is 21.7 Å². The topological polar surface area (TPSA) is 72.8 Å². The van der Waals surface area contributed by atoms with E-state index in [2.05, 4.69) is 33.5 Å². The highest BCUT2D eigenvalue weighted by molar-refractivity contribution is 7.13. The number of methoxy groups -OCH3 is 2. The van der Waals surface area contributed by atoms with Crippen molar-refractivity contribution in [2.75, 3.05) is 27.3 Å². The normalized spacial score (nSPS) is 19.0. The number of likely N-dealkylation sites (tertiary alicyclic amines) is 1. The lowest BCUT2D eigenvalue weighted by atomic mass is 9.84. The number of fused-ring (bicyclic) bond motifs is 3. The van der Waals surface area contributed by atoms with E-state index in [-0.39, 0.29) is 23.8 Å². The predicted octanol–water partition coefficient (Wildman–Crippen LogP) is 4.98. The van der Waals surface area contributed by atoms with E-state index in [1.54, 1.807) is 25.6 Å². The summed E-state index contributed by atoms with van der Waals surface area (Å²) in [5.74, 6) is 1.76. The maximum atomic E-state index is 14.0. The maximum absolute atomic E-state index is 14.0. The highest BCUT2D eigenvalue weighted by atomic mass is 32.1. The Morgan fingerprint density at radius 2 is 1.81 bits per heavy atom. The van der Waals surface area contributed by atoms with Crippen molar-refractivity contribution in [2.24, 2.45) is 5.92 Å². The van der Waals surface area contributed by atoms with Crippen molar-refractivity contribution in [3.8, 4) is 33.2 Å². The van der Waals surface area contributed by atoms with Crippen molar-refractivity contribution in [2.45, 2.75) is 51.1 Å². The molecule has 0 bridgehead atoms. The van der Waals surface area contributed by atoms with Crippen LogP contribution in [0.1, 0.15) is 48.2 Å². The lowest BCUT2D eigenvalue weighted by Crippen LogP contribution is -2.51. The minimum Gasteiger partial charge on any atom is -0.493 e. The number of ether oxygens (including phenoxy) is 2. The van der Waals surface area contributed by atoms with Crippen LogP contribution < -0.4 is 14.8 Å². The van der Waals surface area contributed by atoms with Crippen molar-refractivity contribution in [3.05, 3.63) is 47.0 Å². The molecule has 6 rings (SSSR count). The van der Waals surface area contributed by atoms with Crippen molar-refractivity contribution < 1.29 is 19.1 Å². The van der Waals surface area contributed by atoms with E-state index in [1.165, 1.54) is 5.56 Å². The number of piperidine rings is 1. The van der Waals surface area contributed by atoms with Crippen molar-refractivity contribution >= 4 is 23.2 Å². The van der Waals surface area contributed by atoms with Crippen LogP contribution in [0.15, 0.2) is 35.7 Å². The highest BCUT2D eigenvalue weighted by Crippen LogP contribution is 2.45. The van der Waals surface area contributed by atoms with Gasteiger partial charge in [0.15, 0.2) is 11.5 Å². The minimum atomic E-state index is 0.0239. The Labute approximate surface area is 221 Å². The first-order valence-electron chi connectivity index (χ1n) is 13.2. The average Bonchev–Trinajstić information content (AvgIpc) is 3.54. The summed E-state index contributed by atoms with van der Waals surface area (Å²) in [6.45, 7) is 2.00. The number of thiophene rings is 1. The third kappa shape index (κ3) is 4.31. The van der Waals surface area contributed by atoms with Crippen LogP contribution in [0, 0.1) is 5.92 Å². The quantitative estimate of drug-likeness (QED) is 0.499. The molecule has 8 heteroatoms. The van der Waals surface area contributed by atoms with E-state index in [9.17, 15) is 9.59 Å². The van der Waals surface area contributed by atoms with Crippen molar-refractivity contribution in [1.82, 2.24) is 14.8 Å². The van der Waals surface area contributed by atoms with Crippen LogP contribution in [-0.2, 0) is 17.8 Å². The van der Waals surface area contributed by atoms with Crippen molar-refractivity contribution in [3.63, 3.8) is 0 Å². The molecule has 0 unspecified atom stereocenters. The molecule has 2 amide bonds. The van der Waals surface area contributed by atoms with Gasteiger partial charge in [-0.25, -0.2) is 0 Å². The van der Waals surface area contributed by atoms with Gasteiger partial charge in [-0.1, -0.05) is 12.5 Å². The Balaban J connectivity index is 1.35. The third-order valence-corrected chi connectivity index (χ3v) is 9.01. The molecule has 1 N–H and O–H groups in total. The van der Waals surface area contributed by atoms with Crippen LogP contribution in [-0.4, -0.2) is 54.6 Å². The largest absolute Gasteiger partial charge is 0.493 e. The van der Waals surface area contributed by atoms with E-state index in [4.69, 9.17) is 9.47 Å². The van der Waals surface area contributed by atoms with Gasteiger partial charge in [-0.15, -0.1) is 11.3 Å². The van der Waals surface area contributed by atoms with Crippen molar-refractivity contribution in [1.29, 1.82) is 0 Å². The Hall–Kier alpha value is -3.26. The summed E-state index contributed by atoms with van der Waals surface area (Å²) in [4.78, 5) is 29.6.